The van der Waals surface area contributed by atoms with Gasteiger partial charge in [-0.05, 0) is 51.1 Å². The minimum absolute atomic E-state index is 0.0700. The van der Waals surface area contributed by atoms with Crippen LogP contribution < -0.4 is 15.5 Å². The Morgan fingerprint density at radius 2 is 1.63 bits per heavy atom. The number of ketones is 1. The molecule has 1 atom stereocenters. The minimum atomic E-state index is -1.48. The number of carbonyl (C=O) groups is 4. The zero-order valence-corrected chi connectivity index (χ0v) is 17.5. The minimum Gasteiger partial charge on any atom is -0.338 e. The van der Waals surface area contributed by atoms with Crippen molar-refractivity contribution in [3.63, 3.8) is 0 Å². The fourth-order valence-electron chi connectivity index (χ4n) is 3.86. The van der Waals surface area contributed by atoms with Gasteiger partial charge in [0.2, 0.25) is 11.8 Å². The lowest BCUT2D eigenvalue weighted by Crippen LogP contribution is -2.55. The predicted molar refractivity (Wildman–Crippen MR) is 114 cm³/mol. The average Bonchev–Trinajstić information content (AvgIpc) is 2.90. The summed E-state index contributed by atoms with van der Waals surface area (Å²) in [5.41, 5.74) is 0.847. The van der Waals surface area contributed by atoms with Crippen molar-refractivity contribution in [2.24, 2.45) is 0 Å². The summed E-state index contributed by atoms with van der Waals surface area (Å²) in [5, 5.41) is 5.51. The smallest absolute Gasteiger partial charge is 0.258 e. The van der Waals surface area contributed by atoms with Crippen molar-refractivity contribution in [2.45, 2.75) is 45.7 Å². The van der Waals surface area contributed by atoms with E-state index in [9.17, 15) is 19.2 Å². The molecule has 7 nitrogen and oxygen atoms in total. The molecule has 0 unspecified atom stereocenters. The first-order valence-corrected chi connectivity index (χ1v) is 9.78. The van der Waals surface area contributed by atoms with E-state index in [1.165, 1.54) is 13.8 Å². The van der Waals surface area contributed by atoms with Gasteiger partial charge < -0.3 is 15.5 Å². The molecule has 7 heteroatoms. The molecule has 30 heavy (non-hydrogen) atoms. The first kappa shape index (κ1) is 21.2. The maximum absolute atomic E-state index is 13.5. The molecule has 0 aliphatic carbocycles. The molecule has 3 amide bonds. The van der Waals surface area contributed by atoms with Gasteiger partial charge in [-0.25, -0.2) is 0 Å². The molecule has 0 saturated carbocycles. The molecule has 2 N–H and O–H groups in total. The monoisotopic (exact) mass is 407 g/mol. The van der Waals surface area contributed by atoms with Crippen LogP contribution in [0, 0.1) is 0 Å². The highest BCUT2D eigenvalue weighted by Crippen LogP contribution is 2.43. The highest BCUT2D eigenvalue weighted by atomic mass is 16.2. The SMILES string of the molecule is CC(=O)N[C@]1(CC(=O)Nc2ccc(C(C)=O)cc2)C(=O)N(C(C)C)c2ccccc21. The molecule has 2 aromatic carbocycles. The summed E-state index contributed by atoms with van der Waals surface area (Å²) in [5.74, 6) is -1.23. The quantitative estimate of drug-likeness (QED) is 0.720. The Hall–Kier alpha value is -3.48. The van der Waals surface area contributed by atoms with Gasteiger partial charge in [-0.3, -0.25) is 19.2 Å². The van der Waals surface area contributed by atoms with E-state index in [1.54, 1.807) is 41.3 Å². The number of para-hydroxylation sites is 1. The van der Waals surface area contributed by atoms with Crippen molar-refractivity contribution in [3.8, 4) is 0 Å². The number of anilines is 2. The van der Waals surface area contributed by atoms with E-state index < -0.39 is 17.4 Å². The summed E-state index contributed by atoms with van der Waals surface area (Å²) < 4.78 is 0. The van der Waals surface area contributed by atoms with E-state index in [0.717, 1.165) is 0 Å². The van der Waals surface area contributed by atoms with Gasteiger partial charge in [0.25, 0.3) is 5.91 Å². The third kappa shape index (κ3) is 3.83. The van der Waals surface area contributed by atoms with Gasteiger partial charge >= 0.3 is 0 Å². The van der Waals surface area contributed by atoms with Crippen molar-refractivity contribution >= 4 is 34.9 Å². The highest BCUT2D eigenvalue weighted by Gasteiger charge is 2.53. The Labute approximate surface area is 175 Å². The first-order valence-electron chi connectivity index (χ1n) is 9.78. The number of amides is 3. The van der Waals surface area contributed by atoms with E-state index in [0.29, 0.717) is 22.5 Å². The lowest BCUT2D eigenvalue weighted by molar-refractivity contribution is -0.133. The number of fused-ring (bicyclic) bond motifs is 1. The standard InChI is InChI=1S/C23H25N3O4/c1-14(2)26-20-8-6-5-7-19(20)23(22(26)30,25-16(4)28)13-21(29)24-18-11-9-17(10-12-18)15(3)27/h5-12,14H,13H2,1-4H3,(H,24,29)(H,25,28)/t23-/m0/s1. The van der Waals surface area contributed by atoms with Crippen LogP contribution in [0.3, 0.4) is 0 Å². The maximum Gasteiger partial charge on any atom is 0.258 e. The predicted octanol–water partition coefficient (Wildman–Crippen LogP) is 3.00. The van der Waals surface area contributed by atoms with E-state index in [2.05, 4.69) is 10.6 Å². The van der Waals surface area contributed by atoms with Gasteiger partial charge in [-0.1, -0.05) is 18.2 Å². The molecule has 1 aliphatic rings. The molecule has 1 aliphatic heterocycles. The van der Waals surface area contributed by atoms with Crippen LogP contribution in [0.4, 0.5) is 11.4 Å². The van der Waals surface area contributed by atoms with Crippen LogP contribution in [0.1, 0.15) is 50.0 Å². The molecular weight excluding hydrogens is 382 g/mol. The molecule has 0 saturated heterocycles. The van der Waals surface area contributed by atoms with E-state index >= 15 is 0 Å². The molecule has 0 bridgehead atoms. The van der Waals surface area contributed by atoms with Crippen molar-refractivity contribution in [1.82, 2.24) is 5.32 Å². The number of hydrogen-bond acceptors (Lipinski definition) is 4. The van der Waals surface area contributed by atoms with E-state index in [1.807, 2.05) is 26.0 Å². The normalized spacial score (nSPS) is 17.6. The number of benzene rings is 2. The summed E-state index contributed by atoms with van der Waals surface area (Å²) in [7, 11) is 0. The van der Waals surface area contributed by atoms with Gasteiger partial charge in [0.1, 0.15) is 0 Å². The van der Waals surface area contributed by atoms with Crippen molar-refractivity contribution in [3.05, 3.63) is 59.7 Å². The summed E-state index contributed by atoms with van der Waals surface area (Å²) >= 11 is 0. The zero-order valence-electron chi connectivity index (χ0n) is 17.5. The topological polar surface area (TPSA) is 95.6 Å². The molecular formula is C23H25N3O4. The van der Waals surface area contributed by atoms with Crippen LogP contribution in [0.15, 0.2) is 48.5 Å². The molecule has 1 heterocycles. The maximum atomic E-state index is 13.5. The lowest BCUT2D eigenvalue weighted by Gasteiger charge is -2.30. The van der Waals surface area contributed by atoms with Gasteiger partial charge in [0.05, 0.1) is 12.1 Å². The summed E-state index contributed by atoms with van der Waals surface area (Å²) in [6.07, 6.45) is -0.250. The van der Waals surface area contributed by atoms with Crippen LogP contribution in [-0.4, -0.2) is 29.5 Å². The van der Waals surface area contributed by atoms with E-state index in [4.69, 9.17) is 0 Å². The van der Waals surface area contributed by atoms with Gasteiger partial charge in [0.15, 0.2) is 11.3 Å². The second-order valence-corrected chi connectivity index (χ2v) is 7.73. The van der Waals surface area contributed by atoms with Crippen molar-refractivity contribution in [2.75, 3.05) is 10.2 Å². The van der Waals surface area contributed by atoms with Crippen LogP contribution in [0.2, 0.25) is 0 Å². The molecule has 0 fully saturated rings. The molecule has 0 spiro atoms. The average molecular weight is 407 g/mol. The third-order valence-corrected chi connectivity index (χ3v) is 5.11. The molecule has 0 radical (unpaired) electrons. The second kappa shape index (κ2) is 8.10. The fourth-order valence-corrected chi connectivity index (χ4v) is 3.86. The van der Waals surface area contributed by atoms with Gasteiger partial charge in [-0.15, -0.1) is 0 Å². The zero-order chi connectivity index (χ0) is 22.1. The van der Waals surface area contributed by atoms with Crippen molar-refractivity contribution < 1.29 is 19.2 Å². The number of nitrogens with zero attached hydrogens (tertiary/aromatic N) is 1. The molecule has 156 valence electrons. The number of Topliss-reactive ketones (excluding diaryl/α,β-unsaturated/α-hetero) is 1. The van der Waals surface area contributed by atoms with Crippen LogP contribution in [-0.2, 0) is 19.9 Å². The Morgan fingerprint density at radius 1 is 1.00 bits per heavy atom. The number of nitrogens with one attached hydrogen (secondary N) is 2. The van der Waals surface area contributed by atoms with Crippen LogP contribution >= 0.6 is 0 Å². The van der Waals surface area contributed by atoms with E-state index in [-0.39, 0.29) is 24.2 Å². The molecule has 2 aromatic rings. The Morgan fingerprint density at radius 3 is 2.20 bits per heavy atom. The highest BCUT2D eigenvalue weighted by molar-refractivity contribution is 6.12. The van der Waals surface area contributed by atoms with Gasteiger partial charge in [0, 0.05) is 29.8 Å². The first-order chi connectivity index (χ1) is 14.2. The Bertz CT molecular complexity index is 1010. The third-order valence-electron chi connectivity index (χ3n) is 5.11. The Kier molecular flexibility index (Phi) is 5.73. The Balaban J connectivity index is 1.94. The summed E-state index contributed by atoms with van der Waals surface area (Å²) in [6.45, 7) is 6.56. The molecule has 3 rings (SSSR count). The fraction of sp³-hybridized carbons (Fsp3) is 0.304. The van der Waals surface area contributed by atoms with Crippen LogP contribution in [0.25, 0.3) is 0 Å². The van der Waals surface area contributed by atoms with Crippen molar-refractivity contribution in [1.29, 1.82) is 0 Å². The largest absolute Gasteiger partial charge is 0.338 e. The van der Waals surface area contributed by atoms with Crippen LogP contribution in [0.5, 0.6) is 0 Å². The lowest BCUT2D eigenvalue weighted by atomic mass is 9.87. The summed E-state index contributed by atoms with van der Waals surface area (Å²) in [4.78, 5) is 51.4. The molecule has 0 aromatic heterocycles. The summed E-state index contributed by atoms with van der Waals surface area (Å²) in [6, 6.07) is 13.5. The number of rotatable bonds is 6. The number of carbonyl (C=O) groups excluding carboxylic acids is 4. The second-order valence-electron chi connectivity index (χ2n) is 7.73. The van der Waals surface area contributed by atoms with Gasteiger partial charge in [-0.2, -0.15) is 0 Å². The number of hydrogen-bond donors (Lipinski definition) is 2.